The first kappa shape index (κ1) is 26.1. The number of carbonyl (C=O) groups excluding carboxylic acids is 1. The third-order valence-electron chi connectivity index (χ3n) is 5.51. The Morgan fingerprint density at radius 3 is 2.50 bits per heavy atom. The molecule has 2 aromatic heterocycles. The number of sulfone groups is 1. The van der Waals surface area contributed by atoms with Crippen molar-refractivity contribution in [3.05, 3.63) is 46.9 Å². The van der Waals surface area contributed by atoms with Crippen LogP contribution in [0.5, 0.6) is 5.75 Å². The zero-order valence-corrected chi connectivity index (χ0v) is 20.6. The van der Waals surface area contributed by atoms with Crippen LogP contribution in [0.25, 0.3) is 16.7 Å². The van der Waals surface area contributed by atoms with E-state index in [9.17, 15) is 31.2 Å². The predicted octanol–water partition coefficient (Wildman–Crippen LogP) is 2.78. The summed E-state index contributed by atoms with van der Waals surface area (Å²) in [4.78, 5) is 34.5. The molecule has 1 aromatic carbocycles. The minimum Gasteiger partial charge on any atom is -0.484 e. The normalized spacial score (nSPS) is 15.8. The second-order valence-corrected chi connectivity index (χ2v) is 11.5. The molecule has 0 saturated carbocycles. The number of aromatic nitrogens is 3. The molecule has 1 aliphatic heterocycles. The highest BCUT2D eigenvalue weighted by atomic mass is 32.2. The molecule has 1 N–H and O–H groups in total. The lowest BCUT2D eigenvalue weighted by Gasteiger charge is -2.26. The van der Waals surface area contributed by atoms with E-state index in [0.717, 1.165) is 0 Å². The maximum Gasteiger partial charge on any atom is 0.422 e. The number of fused-ring (bicyclic) bond motifs is 1. The first-order valence-electron chi connectivity index (χ1n) is 11.0. The van der Waals surface area contributed by atoms with Gasteiger partial charge in [0.25, 0.3) is 5.56 Å². The van der Waals surface area contributed by atoms with Crippen LogP contribution in [0.15, 0.2) is 46.5 Å². The number of nitrogens with zero attached hydrogens (tertiary/aromatic N) is 3. The van der Waals surface area contributed by atoms with Crippen molar-refractivity contribution < 1.29 is 31.1 Å². The van der Waals surface area contributed by atoms with E-state index in [1.807, 2.05) is 0 Å². The number of amides is 1. The smallest absolute Gasteiger partial charge is 0.422 e. The summed E-state index contributed by atoms with van der Waals surface area (Å²) < 4.78 is 66.4. The molecular weight excluding hydrogens is 521 g/mol. The van der Waals surface area contributed by atoms with Crippen LogP contribution < -0.4 is 10.3 Å². The quantitative estimate of drug-likeness (QED) is 0.264. The molecule has 0 spiro atoms. The van der Waals surface area contributed by atoms with E-state index < -0.39 is 22.6 Å². The van der Waals surface area contributed by atoms with E-state index in [1.165, 1.54) is 40.6 Å². The maximum absolute atomic E-state index is 13.1. The third-order valence-corrected chi connectivity index (χ3v) is 8.14. The van der Waals surface area contributed by atoms with Crippen molar-refractivity contribution in [2.45, 2.75) is 24.2 Å². The van der Waals surface area contributed by atoms with Gasteiger partial charge in [0.15, 0.2) is 21.6 Å². The summed E-state index contributed by atoms with van der Waals surface area (Å²) in [6.07, 6.45) is -2.16. The lowest BCUT2D eigenvalue weighted by Crippen LogP contribution is -2.43. The Balaban J connectivity index is 1.45. The van der Waals surface area contributed by atoms with Gasteiger partial charge in [-0.2, -0.15) is 13.2 Å². The van der Waals surface area contributed by atoms with Crippen LogP contribution in [0.4, 0.5) is 13.2 Å². The number of alkyl halides is 3. The van der Waals surface area contributed by atoms with Crippen LogP contribution in [-0.4, -0.2) is 76.9 Å². The van der Waals surface area contributed by atoms with Gasteiger partial charge in [-0.1, -0.05) is 11.8 Å². The van der Waals surface area contributed by atoms with E-state index >= 15 is 0 Å². The first-order valence-corrected chi connectivity index (χ1v) is 13.8. The van der Waals surface area contributed by atoms with E-state index in [0.29, 0.717) is 28.5 Å². The molecule has 3 aromatic rings. The van der Waals surface area contributed by atoms with Crippen molar-refractivity contribution in [1.29, 1.82) is 0 Å². The van der Waals surface area contributed by atoms with Crippen molar-refractivity contribution in [1.82, 2.24) is 19.4 Å². The number of hydrogen-bond donors (Lipinski definition) is 1. The first-order chi connectivity index (χ1) is 17.0. The molecule has 0 aliphatic carbocycles. The SMILES string of the molecule is O=C(CCCSc1nc2cc[nH]c2c(=O)n1-c1ccc(OCC(F)(F)F)cc1)N1CCS(=O)(=O)CC1. The number of benzene rings is 1. The highest BCUT2D eigenvalue weighted by molar-refractivity contribution is 7.99. The average molecular weight is 545 g/mol. The maximum atomic E-state index is 13.1. The molecule has 0 atom stereocenters. The van der Waals surface area contributed by atoms with Gasteiger partial charge in [0.1, 0.15) is 11.3 Å². The summed E-state index contributed by atoms with van der Waals surface area (Å²) in [6, 6.07) is 7.30. The van der Waals surface area contributed by atoms with Gasteiger partial charge < -0.3 is 14.6 Å². The van der Waals surface area contributed by atoms with E-state index in [2.05, 4.69) is 9.97 Å². The van der Waals surface area contributed by atoms with E-state index in [4.69, 9.17) is 4.74 Å². The standard InChI is InChI=1S/C22H23F3N4O5S2/c23-22(24,25)14-34-16-5-3-15(4-6-16)29-20(31)19-17(7-8-26-19)27-21(29)35-11-1-2-18(30)28-9-12-36(32,33)13-10-28/h3-8,26H,1-2,9-14H2. The van der Waals surface area contributed by atoms with Crippen molar-refractivity contribution in [3.8, 4) is 11.4 Å². The average Bonchev–Trinajstić information content (AvgIpc) is 3.29. The lowest BCUT2D eigenvalue weighted by molar-refractivity contribution is -0.153. The van der Waals surface area contributed by atoms with Crippen molar-refractivity contribution in [3.63, 3.8) is 0 Å². The Morgan fingerprint density at radius 1 is 1.14 bits per heavy atom. The number of hydrogen-bond acceptors (Lipinski definition) is 7. The molecule has 194 valence electrons. The van der Waals surface area contributed by atoms with Crippen LogP contribution in [0.2, 0.25) is 0 Å². The number of ether oxygens (including phenoxy) is 1. The molecule has 36 heavy (non-hydrogen) atoms. The van der Waals surface area contributed by atoms with Crippen molar-refractivity contribution in [2.24, 2.45) is 0 Å². The van der Waals surface area contributed by atoms with Crippen LogP contribution >= 0.6 is 11.8 Å². The number of aromatic amines is 1. The topological polar surface area (TPSA) is 114 Å². The summed E-state index contributed by atoms with van der Waals surface area (Å²) in [6.45, 7) is -1.03. The molecule has 9 nitrogen and oxygen atoms in total. The van der Waals surface area contributed by atoms with Crippen molar-refractivity contribution in [2.75, 3.05) is 37.0 Å². The molecule has 1 aliphatic rings. The summed E-state index contributed by atoms with van der Waals surface area (Å²) in [5.41, 5.74) is 0.778. The number of thioether (sulfide) groups is 1. The molecule has 3 heterocycles. The fourth-order valence-corrected chi connectivity index (χ4v) is 5.82. The minimum atomic E-state index is -4.46. The summed E-state index contributed by atoms with van der Waals surface area (Å²) in [5, 5.41) is 0.368. The summed E-state index contributed by atoms with van der Waals surface area (Å²) in [5.74, 6) is 0.302. The third kappa shape index (κ3) is 6.40. The Kier molecular flexibility index (Phi) is 7.64. The van der Waals surface area contributed by atoms with Crippen molar-refractivity contribution >= 4 is 38.5 Å². The zero-order valence-electron chi connectivity index (χ0n) is 19.0. The number of halogens is 3. The Labute approximate surface area is 208 Å². The van der Waals surface area contributed by atoms with Gasteiger partial charge in [0, 0.05) is 31.5 Å². The molecule has 1 fully saturated rings. The predicted molar refractivity (Wildman–Crippen MR) is 128 cm³/mol. The second-order valence-electron chi connectivity index (χ2n) is 8.16. The van der Waals surface area contributed by atoms with Gasteiger partial charge >= 0.3 is 6.18 Å². The number of carbonyl (C=O) groups is 1. The largest absolute Gasteiger partial charge is 0.484 e. The lowest BCUT2D eigenvalue weighted by atomic mass is 10.3. The molecule has 1 amide bonds. The number of nitrogens with one attached hydrogen (secondary N) is 1. The van der Waals surface area contributed by atoms with Crippen LogP contribution in [0, 0.1) is 0 Å². The minimum absolute atomic E-state index is 0.0104. The Morgan fingerprint density at radius 2 is 1.83 bits per heavy atom. The van der Waals surface area contributed by atoms with Gasteiger partial charge in [-0.05, 0) is 36.8 Å². The van der Waals surface area contributed by atoms with Crippen LogP contribution in [-0.2, 0) is 14.6 Å². The Hall–Kier alpha value is -3.00. The zero-order chi connectivity index (χ0) is 25.9. The summed E-state index contributed by atoms with van der Waals surface area (Å²) >= 11 is 1.27. The number of H-pyrrole nitrogens is 1. The summed E-state index contributed by atoms with van der Waals surface area (Å²) in [7, 11) is -3.07. The fraction of sp³-hybridized carbons (Fsp3) is 0.409. The van der Waals surface area contributed by atoms with E-state index in [-0.39, 0.29) is 53.7 Å². The van der Waals surface area contributed by atoms with Crippen LogP contribution in [0.1, 0.15) is 12.8 Å². The van der Waals surface area contributed by atoms with Gasteiger partial charge in [-0.3, -0.25) is 14.2 Å². The highest BCUT2D eigenvalue weighted by Gasteiger charge is 2.28. The van der Waals surface area contributed by atoms with Crippen LogP contribution in [0.3, 0.4) is 0 Å². The van der Waals surface area contributed by atoms with Gasteiger partial charge in [0.05, 0.1) is 22.7 Å². The second kappa shape index (κ2) is 10.5. The molecule has 0 unspecified atom stereocenters. The Bertz CT molecular complexity index is 1390. The molecular formula is C22H23F3N4O5S2. The van der Waals surface area contributed by atoms with Gasteiger partial charge in [0.2, 0.25) is 5.91 Å². The highest BCUT2D eigenvalue weighted by Crippen LogP contribution is 2.24. The molecule has 4 rings (SSSR count). The van der Waals surface area contributed by atoms with Gasteiger partial charge in [-0.25, -0.2) is 13.4 Å². The molecule has 0 radical (unpaired) electrons. The van der Waals surface area contributed by atoms with E-state index in [1.54, 1.807) is 17.2 Å². The molecule has 14 heteroatoms. The van der Waals surface area contributed by atoms with Gasteiger partial charge in [-0.15, -0.1) is 0 Å². The number of rotatable bonds is 8. The molecule has 1 saturated heterocycles. The molecule has 0 bridgehead atoms. The monoisotopic (exact) mass is 544 g/mol. The fourth-order valence-electron chi connectivity index (χ4n) is 3.67.